The second-order valence-electron chi connectivity index (χ2n) is 2.86. The van der Waals surface area contributed by atoms with Crippen molar-refractivity contribution in [1.82, 2.24) is 0 Å². The topological polar surface area (TPSA) is 26.0 Å². The maximum atomic E-state index is 12.9. The van der Waals surface area contributed by atoms with Gasteiger partial charge in [-0.3, -0.25) is 0 Å². The van der Waals surface area contributed by atoms with E-state index in [2.05, 4.69) is 0 Å². The van der Waals surface area contributed by atoms with E-state index in [1.54, 1.807) is 12.2 Å². The highest BCUT2D eigenvalue weighted by molar-refractivity contribution is 5.49. The van der Waals surface area contributed by atoms with Crippen molar-refractivity contribution < 1.29 is 4.39 Å². The van der Waals surface area contributed by atoms with E-state index in [1.807, 2.05) is 30.3 Å². The van der Waals surface area contributed by atoms with Crippen LogP contribution in [0.1, 0.15) is 12.0 Å². The van der Waals surface area contributed by atoms with Crippen LogP contribution in [0.2, 0.25) is 0 Å². The molecule has 1 atom stereocenters. The molecule has 0 bridgehead atoms. The normalized spacial score (nSPS) is 13.4. The summed E-state index contributed by atoms with van der Waals surface area (Å²) in [5.74, 6) is 0. The fraction of sp³-hybridized carbons (Fsp3) is 0.273. The lowest BCUT2D eigenvalue weighted by Crippen LogP contribution is -2.06. The number of nitrogens with two attached hydrogens (primary N) is 1. The maximum absolute atomic E-state index is 12.9. The first-order valence-corrected chi connectivity index (χ1v) is 4.40. The Hall–Kier alpha value is -1.15. The summed E-state index contributed by atoms with van der Waals surface area (Å²) >= 11 is 0. The van der Waals surface area contributed by atoms with Gasteiger partial charge in [0, 0.05) is 0 Å². The molecule has 0 aliphatic rings. The second kappa shape index (κ2) is 5.49. The van der Waals surface area contributed by atoms with E-state index in [1.165, 1.54) is 0 Å². The molecule has 1 aromatic carbocycles. The van der Waals surface area contributed by atoms with Crippen LogP contribution in [0.25, 0.3) is 6.08 Å². The Morgan fingerprint density at radius 2 is 2.00 bits per heavy atom. The second-order valence-corrected chi connectivity index (χ2v) is 2.86. The Bertz CT molecular complexity index is 256. The van der Waals surface area contributed by atoms with Crippen molar-refractivity contribution in [3.05, 3.63) is 42.0 Å². The lowest BCUT2D eigenvalue weighted by atomic mass is 10.2. The molecule has 1 aromatic rings. The average Bonchev–Trinajstić information content (AvgIpc) is 2.17. The molecule has 2 N–H and O–H groups in total. The highest BCUT2D eigenvalue weighted by atomic mass is 19.1. The molecule has 1 nitrogen and oxygen atoms in total. The standard InChI is InChI=1S/C11H14FN/c12-11(8-9-13)7-6-10-4-2-1-3-5-10/h1-7,11H,8-9,13H2/b7-6+. The van der Waals surface area contributed by atoms with E-state index < -0.39 is 6.17 Å². The predicted molar refractivity (Wildman–Crippen MR) is 54.0 cm³/mol. The summed E-state index contributed by atoms with van der Waals surface area (Å²) in [5.41, 5.74) is 6.24. The van der Waals surface area contributed by atoms with Gasteiger partial charge in [-0.1, -0.05) is 42.5 Å². The van der Waals surface area contributed by atoms with Gasteiger partial charge in [-0.2, -0.15) is 0 Å². The minimum absolute atomic E-state index is 0.389. The van der Waals surface area contributed by atoms with Gasteiger partial charge < -0.3 is 5.73 Å². The monoisotopic (exact) mass is 179 g/mol. The van der Waals surface area contributed by atoms with E-state index >= 15 is 0 Å². The van der Waals surface area contributed by atoms with E-state index in [-0.39, 0.29) is 0 Å². The third-order valence-corrected chi connectivity index (χ3v) is 1.74. The Morgan fingerprint density at radius 1 is 1.31 bits per heavy atom. The average molecular weight is 179 g/mol. The molecule has 0 aliphatic heterocycles. The number of benzene rings is 1. The summed E-state index contributed by atoms with van der Waals surface area (Å²) in [4.78, 5) is 0. The minimum Gasteiger partial charge on any atom is -0.330 e. The van der Waals surface area contributed by atoms with Crippen LogP contribution in [0.15, 0.2) is 36.4 Å². The number of hydrogen-bond donors (Lipinski definition) is 1. The summed E-state index contributed by atoms with van der Waals surface area (Å²) in [6, 6.07) is 9.66. The van der Waals surface area contributed by atoms with Gasteiger partial charge in [0.15, 0.2) is 0 Å². The molecule has 0 amide bonds. The third-order valence-electron chi connectivity index (χ3n) is 1.74. The summed E-state index contributed by atoms with van der Waals surface area (Å²) in [5, 5.41) is 0. The van der Waals surface area contributed by atoms with E-state index in [4.69, 9.17) is 5.73 Å². The highest BCUT2D eigenvalue weighted by Gasteiger charge is 1.97. The largest absolute Gasteiger partial charge is 0.330 e. The smallest absolute Gasteiger partial charge is 0.120 e. The van der Waals surface area contributed by atoms with Crippen molar-refractivity contribution in [2.24, 2.45) is 5.73 Å². The molecule has 0 aliphatic carbocycles. The van der Waals surface area contributed by atoms with Crippen LogP contribution in [0.3, 0.4) is 0 Å². The first kappa shape index (κ1) is 9.93. The number of halogens is 1. The van der Waals surface area contributed by atoms with Gasteiger partial charge in [-0.15, -0.1) is 0 Å². The summed E-state index contributed by atoms with van der Waals surface area (Å²) in [7, 11) is 0. The van der Waals surface area contributed by atoms with Crippen LogP contribution in [0.4, 0.5) is 4.39 Å². The van der Waals surface area contributed by atoms with Gasteiger partial charge in [-0.05, 0) is 18.5 Å². The van der Waals surface area contributed by atoms with Crippen LogP contribution in [-0.4, -0.2) is 12.7 Å². The Morgan fingerprint density at radius 3 is 2.62 bits per heavy atom. The van der Waals surface area contributed by atoms with Crippen LogP contribution in [0, 0.1) is 0 Å². The van der Waals surface area contributed by atoms with Crippen molar-refractivity contribution >= 4 is 6.08 Å². The van der Waals surface area contributed by atoms with Crippen molar-refractivity contribution in [2.45, 2.75) is 12.6 Å². The SMILES string of the molecule is NCCC(F)/C=C/c1ccccc1. The summed E-state index contributed by atoms with van der Waals surface area (Å²) in [6.45, 7) is 0.389. The van der Waals surface area contributed by atoms with Crippen LogP contribution in [-0.2, 0) is 0 Å². The predicted octanol–water partition coefficient (Wildman–Crippen LogP) is 2.39. The van der Waals surface area contributed by atoms with Crippen molar-refractivity contribution in [1.29, 1.82) is 0 Å². The van der Waals surface area contributed by atoms with Crippen molar-refractivity contribution in [2.75, 3.05) is 6.54 Å². The number of rotatable bonds is 4. The summed E-state index contributed by atoms with van der Waals surface area (Å²) in [6.07, 6.45) is 2.79. The lowest BCUT2D eigenvalue weighted by Gasteiger charge is -1.98. The van der Waals surface area contributed by atoms with Crippen LogP contribution >= 0.6 is 0 Å². The first-order valence-electron chi connectivity index (χ1n) is 4.40. The molecule has 0 spiro atoms. The molecule has 0 saturated carbocycles. The molecule has 0 heterocycles. The maximum Gasteiger partial charge on any atom is 0.120 e. The Kier molecular flexibility index (Phi) is 4.19. The zero-order valence-corrected chi connectivity index (χ0v) is 7.49. The lowest BCUT2D eigenvalue weighted by molar-refractivity contribution is 0.384. The third kappa shape index (κ3) is 3.85. The number of allylic oxidation sites excluding steroid dienone is 1. The number of alkyl halides is 1. The van der Waals surface area contributed by atoms with E-state index in [0.717, 1.165) is 5.56 Å². The van der Waals surface area contributed by atoms with Crippen LogP contribution in [0.5, 0.6) is 0 Å². The molecule has 0 aromatic heterocycles. The molecule has 2 heteroatoms. The van der Waals surface area contributed by atoms with Gasteiger partial charge in [0.05, 0.1) is 0 Å². The van der Waals surface area contributed by atoms with Gasteiger partial charge in [0.2, 0.25) is 0 Å². The molecule has 13 heavy (non-hydrogen) atoms. The zero-order chi connectivity index (χ0) is 9.52. The molecule has 0 saturated heterocycles. The quantitative estimate of drug-likeness (QED) is 0.754. The Balaban J connectivity index is 2.49. The first-order chi connectivity index (χ1) is 6.33. The van der Waals surface area contributed by atoms with Gasteiger partial charge in [0.25, 0.3) is 0 Å². The Labute approximate surface area is 78.1 Å². The summed E-state index contributed by atoms with van der Waals surface area (Å²) < 4.78 is 12.9. The molecule has 1 rings (SSSR count). The zero-order valence-electron chi connectivity index (χ0n) is 7.49. The molecule has 1 unspecified atom stereocenters. The highest BCUT2D eigenvalue weighted by Crippen LogP contribution is 2.05. The van der Waals surface area contributed by atoms with E-state index in [9.17, 15) is 4.39 Å². The van der Waals surface area contributed by atoms with Gasteiger partial charge in [0.1, 0.15) is 6.17 Å². The number of hydrogen-bond acceptors (Lipinski definition) is 1. The molecule has 70 valence electrons. The van der Waals surface area contributed by atoms with Gasteiger partial charge in [-0.25, -0.2) is 4.39 Å². The molecular formula is C11H14FN. The van der Waals surface area contributed by atoms with Crippen molar-refractivity contribution in [3.63, 3.8) is 0 Å². The molecular weight excluding hydrogens is 165 g/mol. The molecule has 0 fully saturated rings. The fourth-order valence-corrected chi connectivity index (χ4v) is 1.04. The minimum atomic E-state index is -0.926. The van der Waals surface area contributed by atoms with E-state index in [0.29, 0.717) is 13.0 Å². The van der Waals surface area contributed by atoms with Crippen molar-refractivity contribution in [3.8, 4) is 0 Å². The molecule has 0 radical (unpaired) electrons. The van der Waals surface area contributed by atoms with Crippen LogP contribution < -0.4 is 5.73 Å². The fourth-order valence-electron chi connectivity index (χ4n) is 1.04. The van der Waals surface area contributed by atoms with Gasteiger partial charge >= 0.3 is 0 Å².